The Hall–Kier alpha value is -2.03. The Bertz CT molecular complexity index is 444. The van der Waals surface area contributed by atoms with Crippen LogP contribution in [0.25, 0.3) is 5.57 Å². The van der Waals surface area contributed by atoms with E-state index in [4.69, 9.17) is 4.74 Å². The second-order valence-corrected chi connectivity index (χ2v) is 3.29. The molecule has 0 saturated heterocycles. The Balaban J connectivity index is 3.29. The number of rotatable bonds is 4. The molecule has 0 fully saturated rings. The molecule has 1 aromatic rings. The van der Waals surface area contributed by atoms with Crippen molar-refractivity contribution in [2.75, 3.05) is 7.11 Å². The van der Waals surface area contributed by atoms with Crippen molar-refractivity contribution in [3.63, 3.8) is 0 Å². The zero-order valence-electron chi connectivity index (χ0n) is 9.36. The van der Waals surface area contributed by atoms with Crippen LogP contribution in [0.4, 0.5) is 0 Å². The number of methoxy groups -OCH3 is 1. The smallest absolute Gasteiger partial charge is 0.153 e. The van der Waals surface area contributed by atoms with Crippen molar-refractivity contribution in [2.24, 2.45) is 0 Å². The van der Waals surface area contributed by atoms with Gasteiger partial charge in [-0.1, -0.05) is 12.6 Å². The summed E-state index contributed by atoms with van der Waals surface area (Å²) in [7, 11) is 1.56. The Morgan fingerprint density at radius 2 is 2.19 bits per heavy atom. The summed E-state index contributed by atoms with van der Waals surface area (Å²) in [5.74, 6) is 0.617. The number of ether oxygens (including phenoxy) is 1. The fraction of sp³-hybridized carbons (Fsp3) is 0.154. The zero-order valence-corrected chi connectivity index (χ0v) is 9.36. The molecule has 0 bridgehead atoms. The van der Waals surface area contributed by atoms with Crippen molar-refractivity contribution in [1.82, 2.24) is 0 Å². The first-order valence-corrected chi connectivity index (χ1v) is 4.80. The molecule has 1 rings (SSSR count). The number of benzene rings is 1. The monoisotopic (exact) mass is 218 g/mol. The van der Waals surface area contributed by atoms with Crippen LogP contribution in [0, 0.1) is 0 Å². The first-order chi connectivity index (χ1) is 7.63. The summed E-state index contributed by atoms with van der Waals surface area (Å²) in [4.78, 5) is 10.7. The van der Waals surface area contributed by atoms with E-state index < -0.39 is 0 Å². The first kappa shape index (κ1) is 12.0. The van der Waals surface area contributed by atoms with Gasteiger partial charge in [0.1, 0.15) is 11.5 Å². The molecule has 0 unspecified atom stereocenters. The Morgan fingerprint density at radius 1 is 1.50 bits per heavy atom. The van der Waals surface area contributed by atoms with Crippen molar-refractivity contribution in [3.8, 4) is 5.75 Å². The van der Waals surface area contributed by atoms with Crippen LogP contribution in [0.1, 0.15) is 22.8 Å². The van der Waals surface area contributed by atoms with Crippen molar-refractivity contribution >= 4 is 11.9 Å². The van der Waals surface area contributed by atoms with Gasteiger partial charge in [-0.3, -0.25) is 4.79 Å². The molecule has 3 heteroatoms. The van der Waals surface area contributed by atoms with Crippen molar-refractivity contribution < 1.29 is 14.6 Å². The minimum Gasteiger partial charge on any atom is -0.507 e. The number of phenolic OH excluding ortho intramolecular Hbond substituents is 1. The number of aldehydes is 1. The summed E-state index contributed by atoms with van der Waals surface area (Å²) in [5.41, 5.74) is 1.94. The van der Waals surface area contributed by atoms with Gasteiger partial charge in [0.05, 0.1) is 12.7 Å². The number of allylic oxidation sites excluding steroid dienone is 2. The molecule has 3 nitrogen and oxygen atoms in total. The van der Waals surface area contributed by atoms with E-state index in [1.807, 2.05) is 6.92 Å². The topological polar surface area (TPSA) is 46.5 Å². The lowest BCUT2D eigenvalue weighted by atomic mass is 10.0. The number of phenols is 1. The maximum Gasteiger partial charge on any atom is 0.153 e. The summed E-state index contributed by atoms with van der Waals surface area (Å²) in [6.45, 7) is 5.50. The van der Waals surface area contributed by atoms with E-state index in [1.165, 1.54) is 6.07 Å². The highest BCUT2D eigenvalue weighted by Gasteiger charge is 2.06. The van der Waals surface area contributed by atoms with Gasteiger partial charge in [-0.05, 0) is 36.3 Å². The molecular weight excluding hydrogens is 204 g/mol. The Morgan fingerprint density at radius 3 is 2.69 bits per heavy atom. The zero-order chi connectivity index (χ0) is 12.1. The molecule has 0 radical (unpaired) electrons. The largest absolute Gasteiger partial charge is 0.507 e. The van der Waals surface area contributed by atoms with Crippen molar-refractivity contribution in [1.29, 1.82) is 0 Å². The van der Waals surface area contributed by atoms with Gasteiger partial charge in [-0.15, -0.1) is 0 Å². The molecule has 0 saturated carbocycles. The van der Waals surface area contributed by atoms with Gasteiger partial charge < -0.3 is 9.84 Å². The quantitative estimate of drug-likeness (QED) is 0.480. The summed E-state index contributed by atoms with van der Waals surface area (Å²) in [5, 5.41) is 9.37. The molecule has 1 N–H and O–H groups in total. The fourth-order valence-corrected chi connectivity index (χ4v) is 1.41. The predicted molar refractivity (Wildman–Crippen MR) is 63.3 cm³/mol. The van der Waals surface area contributed by atoms with Gasteiger partial charge in [0, 0.05) is 0 Å². The highest BCUT2D eigenvalue weighted by molar-refractivity contribution is 5.82. The van der Waals surface area contributed by atoms with Gasteiger partial charge in [0.2, 0.25) is 0 Å². The molecule has 0 amide bonds. The van der Waals surface area contributed by atoms with Gasteiger partial charge in [-0.25, -0.2) is 0 Å². The van der Waals surface area contributed by atoms with Gasteiger partial charge >= 0.3 is 0 Å². The van der Waals surface area contributed by atoms with E-state index >= 15 is 0 Å². The molecule has 16 heavy (non-hydrogen) atoms. The minimum atomic E-state index is -0.0240. The highest BCUT2D eigenvalue weighted by Crippen LogP contribution is 2.24. The molecule has 0 aromatic heterocycles. The van der Waals surface area contributed by atoms with Gasteiger partial charge in [0.25, 0.3) is 0 Å². The standard InChI is InChI=1S/C13H14O3/c1-4-13(16-3)9(2)10-5-6-12(15)11(7-10)8-14/h4-8,15H,1H2,2-3H3/b13-9-. The normalized spacial score (nSPS) is 11.6. The predicted octanol–water partition coefficient (Wildman–Crippen LogP) is 2.77. The van der Waals surface area contributed by atoms with Crippen LogP contribution in [0.2, 0.25) is 0 Å². The summed E-state index contributed by atoms with van der Waals surface area (Å²) in [6, 6.07) is 4.82. The van der Waals surface area contributed by atoms with Crippen LogP contribution in [0.5, 0.6) is 5.75 Å². The summed E-state index contributed by atoms with van der Waals surface area (Å²) >= 11 is 0. The third kappa shape index (κ3) is 2.31. The lowest BCUT2D eigenvalue weighted by Gasteiger charge is -2.08. The maximum atomic E-state index is 10.7. The van der Waals surface area contributed by atoms with Crippen LogP contribution in [0.15, 0.2) is 36.6 Å². The number of carbonyl (C=O) groups excluding carboxylic acids is 1. The number of carbonyl (C=O) groups is 1. The number of hydrogen-bond donors (Lipinski definition) is 1. The average Bonchev–Trinajstić information content (AvgIpc) is 2.31. The Kier molecular flexibility index (Phi) is 3.89. The van der Waals surface area contributed by atoms with Crippen LogP contribution in [0.3, 0.4) is 0 Å². The third-order valence-electron chi connectivity index (χ3n) is 2.36. The van der Waals surface area contributed by atoms with E-state index in [0.717, 1.165) is 11.1 Å². The van der Waals surface area contributed by atoms with Crippen molar-refractivity contribution in [2.45, 2.75) is 6.92 Å². The molecule has 0 aliphatic rings. The van der Waals surface area contributed by atoms with Crippen LogP contribution in [-0.4, -0.2) is 18.5 Å². The first-order valence-electron chi connectivity index (χ1n) is 4.80. The van der Waals surface area contributed by atoms with Crippen LogP contribution < -0.4 is 0 Å². The van der Waals surface area contributed by atoms with Crippen molar-refractivity contribution in [3.05, 3.63) is 47.7 Å². The second kappa shape index (κ2) is 5.16. The number of aromatic hydroxyl groups is 1. The SMILES string of the molecule is C=C/C(OC)=C(\C)c1ccc(O)c(C=O)c1. The average molecular weight is 218 g/mol. The molecule has 0 spiro atoms. The molecule has 0 atom stereocenters. The number of hydrogen-bond acceptors (Lipinski definition) is 3. The van der Waals surface area contributed by atoms with E-state index in [1.54, 1.807) is 25.3 Å². The molecule has 84 valence electrons. The maximum absolute atomic E-state index is 10.7. The lowest BCUT2D eigenvalue weighted by Crippen LogP contribution is -1.91. The van der Waals surface area contributed by atoms with Crippen LogP contribution >= 0.6 is 0 Å². The third-order valence-corrected chi connectivity index (χ3v) is 2.36. The van der Waals surface area contributed by atoms with Gasteiger partial charge in [-0.2, -0.15) is 0 Å². The molecule has 0 aliphatic carbocycles. The Labute approximate surface area is 94.7 Å². The van der Waals surface area contributed by atoms with E-state index in [0.29, 0.717) is 12.0 Å². The lowest BCUT2D eigenvalue weighted by molar-refractivity contribution is 0.112. The summed E-state index contributed by atoms with van der Waals surface area (Å²) < 4.78 is 5.13. The highest BCUT2D eigenvalue weighted by atomic mass is 16.5. The van der Waals surface area contributed by atoms with E-state index in [-0.39, 0.29) is 11.3 Å². The van der Waals surface area contributed by atoms with Crippen LogP contribution in [-0.2, 0) is 4.74 Å². The second-order valence-electron chi connectivity index (χ2n) is 3.29. The molecule has 0 aliphatic heterocycles. The van der Waals surface area contributed by atoms with E-state index in [2.05, 4.69) is 6.58 Å². The fourth-order valence-electron chi connectivity index (χ4n) is 1.41. The molecule has 1 aromatic carbocycles. The van der Waals surface area contributed by atoms with Gasteiger partial charge in [0.15, 0.2) is 6.29 Å². The molecular formula is C13H14O3. The minimum absolute atomic E-state index is 0.0240. The summed E-state index contributed by atoms with van der Waals surface area (Å²) in [6.07, 6.45) is 2.22. The van der Waals surface area contributed by atoms with E-state index in [9.17, 15) is 9.90 Å². The molecule has 0 heterocycles.